The van der Waals surface area contributed by atoms with Crippen LogP contribution in [0.1, 0.15) is 24.2 Å². The lowest BCUT2D eigenvalue weighted by Gasteiger charge is -2.25. The average molecular weight is 225 g/mol. The number of amides is 1. The first kappa shape index (κ1) is 12.4. The summed E-state index contributed by atoms with van der Waals surface area (Å²) in [5.74, 6) is -0.300. The van der Waals surface area contributed by atoms with Gasteiger partial charge in [-0.15, -0.1) is 0 Å². The van der Waals surface area contributed by atoms with E-state index in [-0.39, 0.29) is 18.0 Å². The van der Waals surface area contributed by atoms with Crippen LogP contribution in [0.3, 0.4) is 0 Å². The summed E-state index contributed by atoms with van der Waals surface area (Å²) < 4.78 is 4.59. The van der Waals surface area contributed by atoms with Crippen LogP contribution in [0.15, 0.2) is 27.6 Å². The summed E-state index contributed by atoms with van der Waals surface area (Å²) in [6.07, 6.45) is 1.12. The van der Waals surface area contributed by atoms with E-state index in [1.807, 2.05) is 0 Å². The third-order valence-electron chi connectivity index (χ3n) is 1.92. The monoisotopic (exact) mass is 225 g/mol. The maximum absolute atomic E-state index is 11.8. The van der Waals surface area contributed by atoms with Crippen LogP contribution in [0.5, 0.6) is 0 Å². The van der Waals surface area contributed by atoms with E-state index in [4.69, 9.17) is 0 Å². The lowest BCUT2D eigenvalue weighted by molar-refractivity contribution is 0.0366. The predicted molar refractivity (Wildman–Crippen MR) is 58.2 cm³/mol. The van der Waals surface area contributed by atoms with Gasteiger partial charge >= 0.3 is 5.63 Å². The van der Waals surface area contributed by atoms with Crippen molar-refractivity contribution in [3.05, 3.63) is 34.4 Å². The van der Waals surface area contributed by atoms with Gasteiger partial charge in [-0.3, -0.25) is 4.79 Å². The lowest BCUT2D eigenvalue weighted by Crippen LogP contribution is -2.39. The van der Waals surface area contributed by atoms with Crippen molar-refractivity contribution in [2.24, 2.45) is 0 Å². The van der Waals surface area contributed by atoms with Crippen LogP contribution < -0.4 is 5.63 Å². The molecule has 0 saturated heterocycles. The van der Waals surface area contributed by atoms with Gasteiger partial charge in [0.15, 0.2) is 0 Å². The zero-order chi connectivity index (χ0) is 12.3. The third kappa shape index (κ3) is 3.51. The Morgan fingerprint density at radius 1 is 1.50 bits per heavy atom. The average Bonchev–Trinajstić information content (AvgIpc) is 2.15. The van der Waals surface area contributed by atoms with E-state index >= 15 is 0 Å². The van der Waals surface area contributed by atoms with Crippen LogP contribution in [0, 0.1) is 0 Å². The summed E-state index contributed by atoms with van der Waals surface area (Å²) in [7, 11) is 1.57. The predicted octanol–water partition coefficient (Wildman–Crippen LogP) is 0.483. The van der Waals surface area contributed by atoms with Crippen molar-refractivity contribution in [1.82, 2.24) is 4.90 Å². The molecule has 0 aliphatic rings. The second-order valence-corrected chi connectivity index (χ2v) is 4.32. The SMILES string of the molecule is CN(CC(C)(C)O)C(=O)c1ccc(=O)oc1. The number of nitrogens with zero attached hydrogens (tertiary/aromatic N) is 1. The Bertz CT molecular complexity index is 410. The van der Waals surface area contributed by atoms with Gasteiger partial charge in [0, 0.05) is 19.7 Å². The van der Waals surface area contributed by atoms with Crippen LogP contribution in [0.25, 0.3) is 0 Å². The summed E-state index contributed by atoms with van der Waals surface area (Å²) in [6, 6.07) is 2.58. The molecule has 1 amide bonds. The molecule has 0 fully saturated rings. The van der Waals surface area contributed by atoms with E-state index in [9.17, 15) is 14.7 Å². The van der Waals surface area contributed by atoms with Gasteiger partial charge in [0.25, 0.3) is 5.91 Å². The highest BCUT2D eigenvalue weighted by molar-refractivity contribution is 5.93. The first-order valence-electron chi connectivity index (χ1n) is 4.86. The molecule has 0 radical (unpaired) electrons. The lowest BCUT2D eigenvalue weighted by atomic mass is 10.1. The number of carbonyl (C=O) groups excluding carboxylic acids is 1. The van der Waals surface area contributed by atoms with Gasteiger partial charge in [0.05, 0.1) is 11.2 Å². The fraction of sp³-hybridized carbons (Fsp3) is 0.455. The molecule has 5 heteroatoms. The Labute approximate surface area is 93.3 Å². The molecule has 16 heavy (non-hydrogen) atoms. The highest BCUT2D eigenvalue weighted by atomic mass is 16.4. The summed E-state index contributed by atoms with van der Waals surface area (Å²) in [6.45, 7) is 3.43. The molecule has 0 spiro atoms. The first-order valence-corrected chi connectivity index (χ1v) is 4.86. The van der Waals surface area contributed by atoms with E-state index in [1.165, 1.54) is 17.0 Å². The molecular formula is C11H15NO4. The minimum absolute atomic E-state index is 0.199. The summed E-state index contributed by atoms with van der Waals surface area (Å²) in [4.78, 5) is 23.9. The number of aliphatic hydroxyl groups is 1. The van der Waals surface area contributed by atoms with Crippen molar-refractivity contribution >= 4 is 5.91 Å². The molecule has 1 heterocycles. The molecule has 1 N–H and O–H groups in total. The number of likely N-dealkylation sites (N-methyl/N-ethyl adjacent to an activating group) is 1. The summed E-state index contributed by atoms with van der Waals surface area (Å²) >= 11 is 0. The van der Waals surface area contributed by atoms with Crippen LogP contribution in [0.4, 0.5) is 0 Å². The second kappa shape index (κ2) is 4.49. The number of carbonyl (C=O) groups is 1. The van der Waals surface area contributed by atoms with Gasteiger partial charge in [-0.25, -0.2) is 4.79 Å². The maximum atomic E-state index is 11.8. The Kier molecular flexibility index (Phi) is 3.49. The molecule has 0 aliphatic carbocycles. The van der Waals surface area contributed by atoms with Gasteiger partial charge in [0.1, 0.15) is 6.26 Å². The van der Waals surface area contributed by atoms with Crippen LogP contribution in [0.2, 0.25) is 0 Å². The first-order chi connectivity index (χ1) is 7.29. The quantitative estimate of drug-likeness (QED) is 0.812. The van der Waals surface area contributed by atoms with Crippen molar-refractivity contribution in [2.75, 3.05) is 13.6 Å². The Morgan fingerprint density at radius 3 is 2.56 bits per heavy atom. The van der Waals surface area contributed by atoms with Gasteiger partial charge in [-0.1, -0.05) is 0 Å². The highest BCUT2D eigenvalue weighted by Gasteiger charge is 2.20. The van der Waals surface area contributed by atoms with Crippen molar-refractivity contribution in [3.8, 4) is 0 Å². The van der Waals surface area contributed by atoms with E-state index in [0.717, 1.165) is 6.26 Å². The van der Waals surface area contributed by atoms with Gasteiger partial charge in [0.2, 0.25) is 0 Å². The largest absolute Gasteiger partial charge is 0.430 e. The van der Waals surface area contributed by atoms with Gasteiger partial charge in [-0.05, 0) is 19.9 Å². The zero-order valence-electron chi connectivity index (χ0n) is 9.56. The number of rotatable bonds is 3. The van der Waals surface area contributed by atoms with E-state index < -0.39 is 11.2 Å². The van der Waals surface area contributed by atoms with Crippen LogP contribution in [-0.2, 0) is 0 Å². The normalized spacial score (nSPS) is 11.2. The highest BCUT2D eigenvalue weighted by Crippen LogP contribution is 2.07. The Balaban J connectivity index is 2.78. The molecule has 1 aromatic heterocycles. The van der Waals surface area contributed by atoms with Crippen molar-refractivity contribution in [2.45, 2.75) is 19.4 Å². The van der Waals surface area contributed by atoms with Crippen LogP contribution in [-0.4, -0.2) is 35.1 Å². The molecule has 5 nitrogen and oxygen atoms in total. The third-order valence-corrected chi connectivity index (χ3v) is 1.92. The van der Waals surface area contributed by atoms with Crippen molar-refractivity contribution < 1.29 is 14.3 Å². The molecule has 1 aromatic rings. The van der Waals surface area contributed by atoms with E-state index in [2.05, 4.69) is 4.42 Å². The topological polar surface area (TPSA) is 70.8 Å². The van der Waals surface area contributed by atoms with Crippen molar-refractivity contribution in [1.29, 1.82) is 0 Å². The minimum Gasteiger partial charge on any atom is -0.430 e. The molecule has 0 unspecified atom stereocenters. The molecule has 0 aliphatic heterocycles. The fourth-order valence-corrected chi connectivity index (χ4v) is 1.35. The summed E-state index contributed by atoms with van der Waals surface area (Å²) in [5.41, 5.74) is -1.17. The smallest absolute Gasteiger partial charge is 0.335 e. The van der Waals surface area contributed by atoms with Crippen LogP contribution >= 0.6 is 0 Å². The van der Waals surface area contributed by atoms with Gasteiger partial charge < -0.3 is 14.4 Å². The Morgan fingerprint density at radius 2 is 2.12 bits per heavy atom. The van der Waals surface area contributed by atoms with E-state index in [1.54, 1.807) is 20.9 Å². The second-order valence-electron chi connectivity index (χ2n) is 4.32. The zero-order valence-corrected chi connectivity index (χ0v) is 9.56. The standard InChI is InChI=1S/C11H15NO4/c1-11(2,15)7-12(3)10(14)8-4-5-9(13)16-6-8/h4-6,15H,7H2,1-3H3. The van der Waals surface area contributed by atoms with Crippen molar-refractivity contribution in [3.63, 3.8) is 0 Å². The number of hydrogen-bond donors (Lipinski definition) is 1. The summed E-state index contributed by atoms with van der Waals surface area (Å²) in [5, 5.41) is 9.56. The Hall–Kier alpha value is -1.62. The molecular weight excluding hydrogens is 210 g/mol. The minimum atomic E-state index is -0.958. The maximum Gasteiger partial charge on any atom is 0.335 e. The molecule has 0 bridgehead atoms. The molecule has 0 saturated carbocycles. The molecule has 1 rings (SSSR count). The fourth-order valence-electron chi connectivity index (χ4n) is 1.35. The molecule has 0 aromatic carbocycles. The van der Waals surface area contributed by atoms with Gasteiger partial charge in [-0.2, -0.15) is 0 Å². The molecule has 88 valence electrons. The molecule has 0 atom stereocenters. The number of hydrogen-bond acceptors (Lipinski definition) is 4. The van der Waals surface area contributed by atoms with E-state index in [0.29, 0.717) is 0 Å².